The van der Waals surface area contributed by atoms with Crippen molar-refractivity contribution in [1.29, 1.82) is 0 Å². The van der Waals surface area contributed by atoms with Crippen LogP contribution in [0.3, 0.4) is 0 Å². The number of thioether (sulfide) groups is 1. The highest BCUT2D eigenvalue weighted by atomic mass is 32.2. The summed E-state index contributed by atoms with van der Waals surface area (Å²) in [5, 5.41) is 0. The number of carbonyl (C=O) groups is 1. The minimum atomic E-state index is -3.51. The molecule has 1 saturated carbocycles. The highest BCUT2D eigenvalue weighted by Crippen LogP contribution is 2.39. The van der Waals surface area contributed by atoms with Gasteiger partial charge in [-0.2, -0.15) is 0 Å². The molecule has 2 aliphatic rings. The molecule has 1 aromatic carbocycles. The maximum Gasteiger partial charge on any atom is 0.241 e. The summed E-state index contributed by atoms with van der Waals surface area (Å²) in [6.45, 7) is 0. The number of nitrogens with one attached hydrogen (secondary N) is 1. The fourth-order valence-corrected chi connectivity index (χ4v) is 5.85. The molecular formula is C15H19NO3S2. The second kappa shape index (κ2) is 6.01. The Morgan fingerprint density at radius 2 is 1.95 bits per heavy atom. The molecule has 0 unspecified atom stereocenters. The van der Waals surface area contributed by atoms with E-state index in [0.29, 0.717) is 5.75 Å². The van der Waals surface area contributed by atoms with Gasteiger partial charge in [-0.3, -0.25) is 9.52 Å². The molecule has 1 aromatic rings. The van der Waals surface area contributed by atoms with Crippen LogP contribution in [0.4, 0.5) is 0 Å². The molecule has 1 N–H and O–H groups in total. The number of sulfonamides is 1. The van der Waals surface area contributed by atoms with E-state index < -0.39 is 10.0 Å². The van der Waals surface area contributed by atoms with Crippen LogP contribution in [0.25, 0.3) is 0 Å². The van der Waals surface area contributed by atoms with Crippen LogP contribution < -0.4 is 4.72 Å². The van der Waals surface area contributed by atoms with E-state index in [9.17, 15) is 13.2 Å². The zero-order valence-electron chi connectivity index (χ0n) is 11.7. The van der Waals surface area contributed by atoms with Gasteiger partial charge in [0.15, 0.2) is 0 Å². The number of carbonyl (C=O) groups excluding carboxylic acids is 1. The predicted octanol–water partition coefficient (Wildman–Crippen LogP) is 2.51. The van der Waals surface area contributed by atoms with E-state index in [1.165, 1.54) is 0 Å². The zero-order chi connectivity index (χ0) is 14.9. The minimum absolute atomic E-state index is 0.0836. The lowest BCUT2D eigenvalue weighted by Crippen LogP contribution is -2.37. The predicted molar refractivity (Wildman–Crippen MR) is 83.8 cm³/mol. The van der Waals surface area contributed by atoms with Crippen LogP contribution in [0, 0.1) is 5.92 Å². The van der Waals surface area contributed by atoms with E-state index in [1.807, 2.05) is 24.3 Å². The van der Waals surface area contributed by atoms with Crippen molar-refractivity contribution in [2.75, 3.05) is 11.5 Å². The lowest BCUT2D eigenvalue weighted by Gasteiger charge is -2.14. The Hall–Kier alpha value is -1.01. The highest BCUT2D eigenvalue weighted by Gasteiger charge is 2.32. The monoisotopic (exact) mass is 325 g/mol. The molecule has 0 aromatic heterocycles. The van der Waals surface area contributed by atoms with Gasteiger partial charge in [0.25, 0.3) is 0 Å². The number of rotatable bonds is 4. The summed E-state index contributed by atoms with van der Waals surface area (Å²) in [5.74, 6) is 0.167. The van der Waals surface area contributed by atoms with Gasteiger partial charge in [0, 0.05) is 10.6 Å². The van der Waals surface area contributed by atoms with Crippen molar-refractivity contribution in [3.63, 3.8) is 0 Å². The van der Waals surface area contributed by atoms with Crippen LogP contribution in [-0.2, 0) is 14.8 Å². The summed E-state index contributed by atoms with van der Waals surface area (Å²) in [5.41, 5.74) is 0.941. The van der Waals surface area contributed by atoms with Crippen molar-refractivity contribution in [3.8, 4) is 0 Å². The van der Waals surface area contributed by atoms with Gasteiger partial charge < -0.3 is 0 Å². The molecule has 0 bridgehead atoms. The Bertz CT molecular complexity index is 636. The van der Waals surface area contributed by atoms with Gasteiger partial charge in [-0.1, -0.05) is 31.0 Å². The molecule has 4 nitrogen and oxygen atoms in total. The fraction of sp³-hybridized carbons (Fsp3) is 0.533. The van der Waals surface area contributed by atoms with Crippen molar-refractivity contribution in [3.05, 3.63) is 29.8 Å². The van der Waals surface area contributed by atoms with E-state index in [1.54, 1.807) is 11.8 Å². The van der Waals surface area contributed by atoms with Gasteiger partial charge in [0.2, 0.25) is 15.9 Å². The molecule has 1 fully saturated rings. The van der Waals surface area contributed by atoms with E-state index >= 15 is 0 Å². The molecule has 0 saturated heterocycles. The Morgan fingerprint density at radius 3 is 2.71 bits per heavy atom. The molecular weight excluding hydrogens is 306 g/mol. The first-order chi connectivity index (χ1) is 10.1. The maximum atomic E-state index is 12.3. The highest BCUT2D eigenvalue weighted by molar-refractivity contribution is 7.99. The summed E-state index contributed by atoms with van der Waals surface area (Å²) >= 11 is 1.61. The molecule has 1 atom stereocenters. The van der Waals surface area contributed by atoms with Crippen LogP contribution >= 0.6 is 11.8 Å². The van der Waals surface area contributed by atoms with Crippen LogP contribution in [0.15, 0.2) is 29.2 Å². The first kappa shape index (κ1) is 14.9. The Kier molecular flexibility index (Phi) is 4.26. The molecule has 1 aliphatic heterocycles. The number of amides is 1. The van der Waals surface area contributed by atoms with Crippen molar-refractivity contribution in [1.82, 2.24) is 4.72 Å². The smallest absolute Gasteiger partial charge is 0.241 e. The van der Waals surface area contributed by atoms with Gasteiger partial charge in [0.1, 0.15) is 0 Å². The average molecular weight is 325 g/mol. The molecule has 0 radical (unpaired) electrons. The van der Waals surface area contributed by atoms with Gasteiger partial charge in [-0.05, 0) is 30.4 Å². The first-order valence-corrected chi connectivity index (χ1v) is 9.95. The average Bonchev–Trinajstić information content (AvgIpc) is 3.06. The van der Waals surface area contributed by atoms with Gasteiger partial charge in [0.05, 0.1) is 11.7 Å². The number of fused-ring (bicyclic) bond motifs is 1. The number of benzene rings is 1. The Labute approximate surface area is 129 Å². The molecule has 114 valence electrons. The summed E-state index contributed by atoms with van der Waals surface area (Å²) in [7, 11) is -3.51. The zero-order valence-corrected chi connectivity index (χ0v) is 13.4. The second-order valence-corrected chi connectivity index (χ2v) is 8.63. The summed E-state index contributed by atoms with van der Waals surface area (Å²) in [4.78, 5) is 13.4. The third-order valence-corrected chi connectivity index (χ3v) is 6.81. The van der Waals surface area contributed by atoms with Crippen molar-refractivity contribution >= 4 is 27.7 Å². The first-order valence-electron chi connectivity index (χ1n) is 7.31. The fourth-order valence-electron chi connectivity index (χ4n) is 3.13. The van der Waals surface area contributed by atoms with Gasteiger partial charge >= 0.3 is 0 Å². The summed E-state index contributed by atoms with van der Waals surface area (Å²) in [6.07, 6.45) is 4.11. The normalized spacial score (nSPS) is 22.2. The van der Waals surface area contributed by atoms with E-state index in [2.05, 4.69) is 4.72 Å². The number of hydrogen-bond donors (Lipinski definition) is 1. The molecule has 1 amide bonds. The third kappa shape index (κ3) is 3.43. The van der Waals surface area contributed by atoms with E-state index in [4.69, 9.17) is 0 Å². The molecule has 1 heterocycles. The SMILES string of the molecule is O=C(NS(=O)(=O)CC1CCCC1)[C@H]1CSc2ccccc21. The minimum Gasteiger partial charge on any atom is -0.273 e. The van der Waals surface area contributed by atoms with Crippen LogP contribution in [0.5, 0.6) is 0 Å². The Morgan fingerprint density at radius 1 is 1.24 bits per heavy atom. The molecule has 0 spiro atoms. The van der Waals surface area contributed by atoms with Crippen LogP contribution in [0.1, 0.15) is 37.2 Å². The summed E-state index contributed by atoms with van der Waals surface area (Å²) in [6, 6.07) is 7.70. The van der Waals surface area contributed by atoms with Gasteiger partial charge in [-0.25, -0.2) is 8.42 Å². The van der Waals surface area contributed by atoms with Crippen LogP contribution in [-0.4, -0.2) is 25.8 Å². The van der Waals surface area contributed by atoms with Crippen LogP contribution in [0.2, 0.25) is 0 Å². The topological polar surface area (TPSA) is 63.2 Å². The van der Waals surface area contributed by atoms with E-state index in [-0.39, 0.29) is 23.5 Å². The van der Waals surface area contributed by atoms with Crippen molar-refractivity contribution in [2.45, 2.75) is 36.5 Å². The second-order valence-electron chi connectivity index (χ2n) is 5.80. The quantitative estimate of drug-likeness (QED) is 0.924. The molecule has 21 heavy (non-hydrogen) atoms. The molecule has 3 rings (SSSR count). The maximum absolute atomic E-state index is 12.3. The standard InChI is InChI=1S/C15H19NO3S2/c17-15(13-9-20-14-8-4-3-7-12(13)14)16-21(18,19)10-11-5-1-2-6-11/h3-4,7-8,11,13H,1-2,5-6,9-10H2,(H,16,17)/t13-/m0/s1. The summed E-state index contributed by atoms with van der Waals surface area (Å²) < 4.78 is 26.5. The third-order valence-electron chi connectivity index (χ3n) is 4.20. The van der Waals surface area contributed by atoms with Gasteiger partial charge in [-0.15, -0.1) is 11.8 Å². The van der Waals surface area contributed by atoms with E-state index in [0.717, 1.165) is 36.1 Å². The Balaban J connectivity index is 1.66. The van der Waals surface area contributed by atoms with Crippen molar-refractivity contribution < 1.29 is 13.2 Å². The molecule has 1 aliphatic carbocycles. The lowest BCUT2D eigenvalue weighted by molar-refractivity contribution is -0.120. The lowest BCUT2D eigenvalue weighted by atomic mass is 10.0. The molecule has 6 heteroatoms. The largest absolute Gasteiger partial charge is 0.273 e. The number of hydrogen-bond acceptors (Lipinski definition) is 4. The van der Waals surface area contributed by atoms with Crippen molar-refractivity contribution in [2.24, 2.45) is 5.92 Å².